The topological polar surface area (TPSA) is 20.2 Å². The van der Waals surface area contributed by atoms with E-state index in [9.17, 15) is 5.11 Å². The highest BCUT2D eigenvalue weighted by molar-refractivity contribution is 9.10. The van der Waals surface area contributed by atoms with Crippen LogP contribution in [0.15, 0.2) is 38.6 Å². The molecule has 0 radical (unpaired) electrons. The fourth-order valence-corrected chi connectivity index (χ4v) is 3.68. The first kappa shape index (κ1) is 13.6. The number of halogens is 3. The molecule has 17 heavy (non-hydrogen) atoms. The van der Waals surface area contributed by atoms with Crippen LogP contribution in [0.3, 0.4) is 0 Å². The van der Waals surface area contributed by atoms with E-state index in [0.29, 0.717) is 11.4 Å². The molecule has 0 aliphatic heterocycles. The lowest BCUT2D eigenvalue weighted by atomic mass is 10.1. The van der Waals surface area contributed by atoms with Gasteiger partial charge in [0.05, 0.1) is 6.10 Å². The van der Waals surface area contributed by atoms with Crippen molar-refractivity contribution < 1.29 is 5.11 Å². The first-order valence-corrected chi connectivity index (χ1v) is 7.76. The van der Waals surface area contributed by atoms with E-state index in [0.717, 1.165) is 19.4 Å². The van der Waals surface area contributed by atoms with Gasteiger partial charge < -0.3 is 5.11 Å². The minimum atomic E-state index is -0.509. The second-order valence-electron chi connectivity index (χ2n) is 3.62. The maximum absolute atomic E-state index is 10.1. The smallest absolute Gasteiger partial charge is 0.0923 e. The molecule has 2 rings (SSSR count). The minimum Gasteiger partial charge on any atom is -0.387 e. The van der Waals surface area contributed by atoms with E-state index in [2.05, 4.69) is 31.9 Å². The monoisotopic (exact) mass is 394 g/mol. The number of thiophene rings is 1. The van der Waals surface area contributed by atoms with Gasteiger partial charge in [0.2, 0.25) is 0 Å². The number of aliphatic hydroxyl groups excluding tert-OH is 1. The molecule has 1 N–H and O–H groups in total. The van der Waals surface area contributed by atoms with Crippen LogP contribution in [0.25, 0.3) is 0 Å². The van der Waals surface area contributed by atoms with Crippen molar-refractivity contribution in [1.82, 2.24) is 0 Å². The molecule has 2 aromatic rings. The van der Waals surface area contributed by atoms with Crippen molar-refractivity contribution in [2.24, 2.45) is 0 Å². The molecule has 1 heterocycles. The summed E-state index contributed by atoms with van der Waals surface area (Å²) in [5, 5.41) is 12.7. The number of rotatable bonds is 3. The van der Waals surface area contributed by atoms with E-state index in [-0.39, 0.29) is 0 Å². The van der Waals surface area contributed by atoms with Gasteiger partial charge >= 0.3 is 0 Å². The fraction of sp³-hybridized carbons (Fsp3) is 0.167. The van der Waals surface area contributed by atoms with E-state index >= 15 is 0 Å². The molecule has 1 unspecified atom stereocenters. The number of aliphatic hydroxyl groups is 1. The average Bonchev–Trinajstić information content (AvgIpc) is 2.69. The first-order valence-electron chi connectivity index (χ1n) is 4.92. The van der Waals surface area contributed by atoms with Gasteiger partial charge in [-0.15, -0.1) is 11.3 Å². The van der Waals surface area contributed by atoms with Gasteiger partial charge in [-0.3, -0.25) is 0 Å². The summed E-state index contributed by atoms with van der Waals surface area (Å²) in [5.74, 6) is 0. The Bertz CT molecular complexity index is 527. The van der Waals surface area contributed by atoms with E-state index in [4.69, 9.17) is 11.6 Å². The van der Waals surface area contributed by atoms with E-state index in [1.807, 2.05) is 29.6 Å². The quantitative estimate of drug-likeness (QED) is 0.756. The van der Waals surface area contributed by atoms with Crippen molar-refractivity contribution in [3.05, 3.63) is 54.1 Å². The van der Waals surface area contributed by atoms with Crippen LogP contribution in [0.4, 0.5) is 0 Å². The molecular weight excluding hydrogens is 387 g/mol. The first-order chi connectivity index (χ1) is 8.06. The van der Waals surface area contributed by atoms with Crippen molar-refractivity contribution in [2.75, 3.05) is 0 Å². The van der Waals surface area contributed by atoms with E-state index < -0.39 is 6.10 Å². The summed E-state index contributed by atoms with van der Waals surface area (Å²) in [4.78, 5) is 0.941. The minimum absolute atomic E-state index is 0.509. The molecule has 0 aliphatic rings. The van der Waals surface area contributed by atoms with Gasteiger partial charge in [-0.05, 0) is 39.7 Å². The van der Waals surface area contributed by atoms with Gasteiger partial charge in [-0.2, -0.15) is 0 Å². The molecule has 0 aliphatic carbocycles. The molecule has 1 nitrogen and oxygen atoms in total. The van der Waals surface area contributed by atoms with Gasteiger partial charge in [-0.1, -0.05) is 33.6 Å². The molecule has 0 spiro atoms. The molecule has 5 heteroatoms. The summed E-state index contributed by atoms with van der Waals surface area (Å²) >= 11 is 14.4. The molecule has 1 aromatic carbocycles. The molecular formula is C12H9Br2ClOS. The molecule has 0 saturated heterocycles. The molecule has 0 amide bonds. The van der Waals surface area contributed by atoms with Crippen molar-refractivity contribution in [1.29, 1.82) is 0 Å². The summed E-state index contributed by atoms with van der Waals surface area (Å²) in [6.07, 6.45) is 0.0176. The Morgan fingerprint density at radius 1 is 1.24 bits per heavy atom. The van der Waals surface area contributed by atoms with Crippen molar-refractivity contribution in [2.45, 2.75) is 12.5 Å². The zero-order valence-electron chi connectivity index (χ0n) is 8.66. The molecule has 0 saturated carbocycles. The summed E-state index contributed by atoms with van der Waals surface area (Å²) in [5.41, 5.74) is 0.951. The van der Waals surface area contributed by atoms with Crippen molar-refractivity contribution in [3.8, 4) is 0 Å². The molecule has 1 aromatic heterocycles. The number of benzene rings is 1. The maximum Gasteiger partial charge on any atom is 0.0923 e. The Hall–Kier alpha value is 0.130. The zero-order valence-corrected chi connectivity index (χ0v) is 13.4. The highest BCUT2D eigenvalue weighted by atomic mass is 79.9. The average molecular weight is 397 g/mol. The van der Waals surface area contributed by atoms with Gasteiger partial charge in [0.15, 0.2) is 0 Å². The normalized spacial score (nSPS) is 12.7. The van der Waals surface area contributed by atoms with E-state index in [1.54, 1.807) is 0 Å². The highest BCUT2D eigenvalue weighted by Gasteiger charge is 2.13. The second kappa shape index (κ2) is 5.85. The molecule has 0 fully saturated rings. The lowest BCUT2D eigenvalue weighted by molar-refractivity contribution is 0.182. The maximum atomic E-state index is 10.1. The Balaban J connectivity index is 2.15. The van der Waals surface area contributed by atoms with Crippen molar-refractivity contribution in [3.63, 3.8) is 0 Å². The summed E-state index contributed by atoms with van der Waals surface area (Å²) in [6.45, 7) is 0. The fourth-order valence-electron chi connectivity index (χ4n) is 1.50. The molecule has 90 valence electrons. The van der Waals surface area contributed by atoms with Crippen molar-refractivity contribution >= 4 is 54.8 Å². The van der Waals surface area contributed by atoms with E-state index in [1.165, 1.54) is 11.3 Å². The SMILES string of the molecule is OC(Cc1ccc(Br)cc1Cl)c1cc(Br)cs1. The number of hydrogen-bond acceptors (Lipinski definition) is 2. The second-order valence-corrected chi connectivity index (χ2v) is 6.80. The number of hydrogen-bond donors (Lipinski definition) is 1. The van der Waals surface area contributed by atoms with Crippen LogP contribution >= 0.6 is 54.8 Å². The largest absolute Gasteiger partial charge is 0.387 e. The van der Waals surface area contributed by atoms with Crippen LogP contribution in [-0.4, -0.2) is 5.11 Å². The highest BCUT2D eigenvalue weighted by Crippen LogP contribution is 2.30. The third kappa shape index (κ3) is 3.55. The Labute approximate surface area is 126 Å². The molecule has 1 atom stereocenters. The summed E-state index contributed by atoms with van der Waals surface area (Å²) in [6, 6.07) is 7.63. The van der Waals surface area contributed by atoms with Gasteiger partial charge in [0.25, 0.3) is 0 Å². The van der Waals surface area contributed by atoms with Crippen LogP contribution in [0, 0.1) is 0 Å². The standard InChI is InChI=1S/C12H9Br2ClOS/c13-8-2-1-7(10(15)4-8)3-11(16)12-5-9(14)6-17-12/h1-2,4-6,11,16H,3H2. The Morgan fingerprint density at radius 2 is 2.00 bits per heavy atom. The Morgan fingerprint density at radius 3 is 2.59 bits per heavy atom. The van der Waals surface area contributed by atoms with Crippen LogP contribution in [0.2, 0.25) is 5.02 Å². The Kier molecular flexibility index (Phi) is 4.66. The van der Waals surface area contributed by atoms with Gasteiger partial charge in [0.1, 0.15) is 0 Å². The lowest BCUT2D eigenvalue weighted by Gasteiger charge is -2.10. The van der Waals surface area contributed by atoms with Crippen LogP contribution in [-0.2, 0) is 6.42 Å². The predicted molar refractivity (Wildman–Crippen MR) is 79.8 cm³/mol. The summed E-state index contributed by atoms with van der Waals surface area (Å²) < 4.78 is 1.94. The zero-order chi connectivity index (χ0) is 12.4. The van der Waals surface area contributed by atoms with Crippen LogP contribution in [0.1, 0.15) is 16.5 Å². The van der Waals surface area contributed by atoms with Crippen LogP contribution < -0.4 is 0 Å². The van der Waals surface area contributed by atoms with Crippen LogP contribution in [0.5, 0.6) is 0 Å². The summed E-state index contributed by atoms with van der Waals surface area (Å²) in [7, 11) is 0. The molecule has 0 bridgehead atoms. The van der Waals surface area contributed by atoms with Gasteiger partial charge in [-0.25, -0.2) is 0 Å². The van der Waals surface area contributed by atoms with Gasteiger partial charge in [0, 0.05) is 30.6 Å². The third-order valence-corrected chi connectivity index (χ3v) is 4.98. The third-order valence-electron chi connectivity index (χ3n) is 2.34. The lowest BCUT2D eigenvalue weighted by Crippen LogP contribution is -2.00. The predicted octanol–water partition coefficient (Wildman–Crippen LogP) is 5.20.